The van der Waals surface area contributed by atoms with Crippen LogP contribution in [0.1, 0.15) is 15.2 Å². The summed E-state index contributed by atoms with van der Waals surface area (Å²) in [5.74, 6) is 5.27. The van der Waals surface area contributed by atoms with Crippen molar-refractivity contribution >= 4 is 17.2 Å². The van der Waals surface area contributed by atoms with E-state index >= 15 is 0 Å². The van der Waals surface area contributed by atoms with Gasteiger partial charge in [-0.25, -0.2) is 0 Å². The highest BCUT2D eigenvalue weighted by molar-refractivity contribution is 7.12. The zero-order valence-electron chi connectivity index (χ0n) is 11.7. The molecule has 0 spiro atoms. The number of rotatable bonds is 7. The molecule has 0 fully saturated rings. The standard InChI is InChI=1S/C14H19NO4S/c1-18-9-6-15(7-10-19-2)14(17)13-12(4-3-8-16)5-11-20-13/h5,11,16H,6-10H2,1-2H3. The average Bonchev–Trinajstić information content (AvgIpc) is 2.93. The first-order valence-corrected chi connectivity index (χ1v) is 7.07. The molecule has 6 heteroatoms. The fourth-order valence-electron chi connectivity index (χ4n) is 1.57. The number of aliphatic hydroxyl groups is 1. The van der Waals surface area contributed by atoms with Gasteiger partial charge in [-0.05, 0) is 11.4 Å². The van der Waals surface area contributed by atoms with Crippen LogP contribution in [0.2, 0.25) is 0 Å². The van der Waals surface area contributed by atoms with Gasteiger partial charge in [-0.2, -0.15) is 0 Å². The lowest BCUT2D eigenvalue weighted by atomic mass is 10.2. The van der Waals surface area contributed by atoms with Crippen LogP contribution in [0.3, 0.4) is 0 Å². The van der Waals surface area contributed by atoms with Crippen LogP contribution in [0.5, 0.6) is 0 Å². The number of carbonyl (C=O) groups is 1. The monoisotopic (exact) mass is 297 g/mol. The van der Waals surface area contributed by atoms with E-state index in [4.69, 9.17) is 14.6 Å². The first kappa shape index (κ1) is 16.7. The highest BCUT2D eigenvalue weighted by Gasteiger charge is 2.19. The smallest absolute Gasteiger partial charge is 0.265 e. The third-order valence-corrected chi connectivity index (χ3v) is 3.48. The van der Waals surface area contributed by atoms with Gasteiger partial charge in [0.15, 0.2) is 0 Å². The van der Waals surface area contributed by atoms with Gasteiger partial charge in [0.1, 0.15) is 11.5 Å². The summed E-state index contributed by atoms with van der Waals surface area (Å²) in [4.78, 5) is 14.8. The molecule has 1 aromatic rings. The van der Waals surface area contributed by atoms with Gasteiger partial charge in [0.2, 0.25) is 0 Å². The van der Waals surface area contributed by atoms with Crippen LogP contribution in [0.25, 0.3) is 0 Å². The van der Waals surface area contributed by atoms with E-state index in [-0.39, 0.29) is 12.5 Å². The Morgan fingerprint density at radius 2 is 2.00 bits per heavy atom. The van der Waals surface area contributed by atoms with Crippen molar-refractivity contribution in [1.29, 1.82) is 0 Å². The third-order valence-electron chi connectivity index (χ3n) is 2.58. The summed E-state index contributed by atoms with van der Waals surface area (Å²) in [6.45, 7) is 1.73. The van der Waals surface area contributed by atoms with Gasteiger partial charge in [-0.1, -0.05) is 11.8 Å². The molecule has 5 nitrogen and oxygen atoms in total. The van der Waals surface area contributed by atoms with Crippen molar-refractivity contribution in [3.8, 4) is 11.8 Å². The molecule has 1 amide bonds. The van der Waals surface area contributed by atoms with Crippen molar-refractivity contribution in [1.82, 2.24) is 4.90 Å². The molecule has 0 aliphatic rings. The first-order valence-electron chi connectivity index (χ1n) is 6.19. The number of hydrogen-bond acceptors (Lipinski definition) is 5. The van der Waals surface area contributed by atoms with Crippen LogP contribution in [0.4, 0.5) is 0 Å². The van der Waals surface area contributed by atoms with Crippen LogP contribution in [-0.4, -0.2) is 63.0 Å². The van der Waals surface area contributed by atoms with Crippen LogP contribution in [-0.2, 0) is 9.47 Å². The van der Waals surface area contributed by atoms with Gasteiger partial charge in [0, 0.05) is 32.9 Å². The summed E-state index contributed by atoms with van der Waals surface area (Å²) in [6.07, 6.45) is 0. The van der Waals surface area contributed by atoms with Gasteiger partial charge in [-0.15, -0.1) is 11.3 Å². The molecule has 0 atom stereocenters. The highest BCUT2D eigenvalue weighted by Crippen LogP contribution is 2.18. The Hall–Kier alpha value is -1.39. The zero-order valence-corrected chi connectivity index (χ0v) is 12.5. The predicted octanol–water partition coefficient (Wildman–Crippen LogP) is 0.827. The van der Waals surface area contributed by atoms with E-state index < -0.39 is 0 Å². The Kier molecular flexibility index (Phi) is 7.92. The number of carbonyl (C=O) groups excluding carboxylic acids is 1. The first-order chi connectivity index (χ1) is 9.74. The molecule has 0 bridgehead atoms. The Morgan fingerprint density at radius 1 is 1.35 bits per heavy atom. The molecule has 0 aliphatic heterocycles. The SMILES string of the molecule is COCCN(CCOC)C(=O)c1sccc1C#CCO. The second-order valence-electron chi connectivity index (χ2n) is 3.90. The minimum Gasteiger partial charge on any atom is -0.384 e. The zero-order chi connectivity index (χ0) is 14.8. The minimum atomic E-state index is -0.222. The Morgan fingerprint density at radius 3 is 2.55 bits per heavy atom. The lowest BCUT2D eigenvalue weighted by molar-refractivity contribution is 0.0631. The molecule has 110 valence electrons. The van der Waals surface area contributed by atoms with E-state index in [1.165, 1.54) is 11.3 Å². The molecule has 0 unspecified atom stereocenters. The lowest BCUT2D eigenvalue weighted by Gasteiger charge is -2.21. The van der Waals surface area contributed by atoms with E-state index in [0.29, 0.717) is 36.7 Å². The summed E-state index contributed by atoms with van der Waals surface area (Å²) in [7, 11) is 3.20. The molecule has 1 heterocycles. The van der Waals surface area contributed by atoms with Crippen LogP contribution in [0, 0.1) is 11.8 Å². The maximum Gasteiger partial charge on any atom is 0.265 e. The van der Waals surface area contributed by atoms with Crippen LogP contribution < -0.4 is 0 Å². The van der Waals surface area contributed by atoms with Crippen molar-refractivity contribution in [2.24, 2.45) is 0 Å². The molecule has 20 heavy (non-hydrogen) atoms. The van der Waals surface area contributed by atoms with Crippen molar-refractivity contribution in [2.75, 3.05) is 47.1 Å². The molecule has 0 saturated heterocycles. The summed E-state index contributed by atoms with van der Waals surface area (Å²) in [5.41, 5.74) is 0.647. The second kappa shape index (κ2) is 9.50. The summed E-state index contributed by atoms with van der Waals surface area (Å²) in [6, 6.07) is 1.78. The van der Waals surface area contributed by atoms with Gasteiger partial charge in [0.25, 0.3) is 5.91 Å². The molecular formula is C14H19NO4S. The molecule has 0 aliphatic carbocycles. The van der Waals surface area contributed by atoms with Crippen molar-refractivity contribution in [2.45, 2.75) is 0 Å². The molecule has 1 rings (SSSR count). The molecule has 1 N–H and O–H groups in total. The number of aliphatic hydroxyl groups excluding tert-OH is 1. The van der Waals surface area contributed by atoms with Gasteiger partial charge < -0.3 is 19.5 Å². The average molecular weight is 297 g/mol. The number of nitrogens with zero attached hydrogens (tertiary/aromatic N) is 1. The lowest BCUT2D eigenvalue weighted by Crippen LogP contribution is -2.36. The topological polar surface area (TPSA) is 59.0 Å². The molecular weight excluding hydrogens is 278 g/mol. The maximum atomic E-state index is 12.5. The largest absolute Gasteiger partial charge is 0.384 e. The Bertz CT molecular complexity index is 467. The number of amides is 1. The summed E-state index contributed by atoms with van der Waals surface area (Å²) in [5, 5.41) is 10.6. The van der Waals surface area contributed by atoms with E-state index in [1.807, 2.05) is 5.38 Å². The number of methoxy groups -OCH3 is 2. The fraction of sp³-hybridized carbons (Fsp3) is 0.500. The number of hydrogen-bond donors (Lipinski definition) is 1. The normalized spacial score (nSPS) is 9.95. The van der Waals surface area contributed by atoms with Crippen molar-refractivity contribution < 1.29 is 19.4 Å². The predicted molar refractivity (Wildman–Crippen MR) is 77.9 cm³/mol. The maximum absolute atomic E-state index is 12.5. The van der Waals surface area contributed by atoms with Crippen molar-refractivity contribution in [3.05, 3.63) is 21.9 Å². The molecule has 1 aromatic heterocycles. The van der Waals surface area contributed by atoms with Crippen LogP contribution >= 0.6 is 11.3 Å². The van der Waals surface area contributed by atoms with E-state index in [9.17, 15) is 4.79 Å². The third kappa shape index (κ3) is 4.94. The summed E-state index contributed by atoms with van der Waals surface area (Å²) < 4.78 is 10.0. The van der Waals surface area contributed by atoms with Gasteiger partial charge >= 0.3 is 0 Å². The number of ether oxygens (including phenoxy) is 2. The highest BCUT2D eigenvalue weighted by atomic mass is 32.1. The van der Waals surface area contributed by atoms with Crippen molar-refractivity contribution in [3.63, 3.8) is 0 Å². The fourth-order valence-corrected chi connectivity index (χ4v) is 2.39. The van der Waals surface area contributed by atoms with E-state index in [2.05, 4.69) is 11.8 Å². The molecule has 0 radical (unpaired) electrons. The second-order valence-corrected chi connectivity index (χ2v) is 4.82. The minimum absolute atomic E-state index is 0.0867. The summed E-state index contributed by atoms with van der Waals surface area (Å²) >= 11 is 1.35. The van der Waals surface area contributed by atoms with Gasteiger partial charge in [0.05, 0.1) is 13.2 Å². The molecule has 0 saturated carbocycles. The van der Waals surface area contributed by atoms with E-state index in [1.54, 1.807) is 25.2 Å². The van der Waals surface area contributed by atoms with Gasteiger partial charge in [-0.3, -0.25) is 4.79 Å². The van der Waals surface area contributed by atoms with E-state index in [0.717, 1.165) is 0 Å². The Balaban J connectivity index is 2.84. The Labute approximate surface area is 123 Å². The van der Waals surface area contributed by atoms with Crippen LogP contribution in [0.15, 0.2) is 11.4 Å². The molecule has 0 aromatic carbocycles. The quantitative estimate of drug-likeness (QED) is 0.757. The number of thiophene rings is 1.